The minimum atomic E-state index is -0.734. The van der Waals surface area contributed by atoms with E-state index in [9.17, 15) is 9.59 Å². The van der Waals surface area contributed by atoms with Crippen LogP contribution in [0.1, 0.15) is 15.9 Å². The molecule has 0 saturated heterocycles. The largest absolute Gasteiger partial charge is 0.388 e. The lowest BCUT2D eigenvalue weighted by molar-refractivity contribution is -0.136. The lowest BCUT2D eigenvalue weighted by Crippen LogP contribution is -2.21. The molecule has 0 heterocycles. The molecule has 0 saturated carbocycles. The average Bonchev–Trinajstić information content (AvgIpc) is 2.17. The van der Waals surface area contributed by atoms with Gasteiger partial charge >= 0.3 is 11.9 Å². The van der Waals surface area contributed by atoms with Crippen molar-refractivity contribution in [3.05, 3.63) is 33.8 Å². The fourth-order valence-electron chi connectivity index (χ4n) is 1.06. The Bertz CT molecular complexity index is 404. The molecule has 0 aromatic heterocycles. The summed E-state index contributed by atoms with van der Waals surface area (Å²) in [5, 5.41) is 0. The van der Waals surface area contributed by atoms with E-state index in [2.05, 4.69) is 20.7 Å². The highest BCUT2D eigenvalue weighted by molar-refractivity contribution is 9.10. The molecular weight excluding hydrogens is 262 g/mol. The monoisotopic (exact) mass is 271 g/mol. The zero-order valence-corrected chi connectivity index (χ0v) is 9.71. The highest BCUT2D eigenvalue weighted by Crippen LogP contribution is 2.16. The molecule has 1 rings (SSSR count). The number of hydrogen-bond acceptors (Lipinski definition) is 4. The fourth-order valence-corrected chi connectivity index (χ4v) is 1.53. The number of hydrogen-bond donors (Lipinski definition) is 1. The number of nitrogens with two attached hydrogens (primary N) is 1. The van der Waals surface area contributed by atoms with Crippen LogP contribution in [0.3, 0.4) is 0 Å². The Labute approximate surface area is 95.5 Å². The summed E-state index contributed by atoms with van der Waals surface area (Å²) >= 11 is 3.27. The highest BCUT2D eigenvalue weighted by atomic mass is 79.9. The quantitative estimate of drug-likeness (QED) is 0.652. The van der Waals surface area contributed by atoms with Gasteiger partial charge in [-0.2, -0.15) is 0 Å². The van der Waals surface area contributed by atoms with Gasteiger partial charge in [0, 0.05) is 4.47 Å². The van der Waals surface area contributed by atoms with Crippen LogP contribution in [0.15, 0.2) is 22.7 Å². The number of carbonyl (C=O) groups is 2. The van der Waals surface area contributed by atoms with Crippen molar-refractivity contribution in [2.24, 2.45) is 5.73 Å². The van der Waals surface area contributed by atoms with Crippen molar-refractivity contribution < 1.29 is 14.3 Å². The van der Waals surface area contributed by atoms with Gasteiger partial charge in [-0.3, -0.25) is 4.79 Å². The molecule has 0 fully saturated rings. The molecule has 0 radical (unpaired) electrons. The van der Waals surface area contributed by atoms with Gasteiger partial charge < -0.3 is 10.5 Å². The third-order valence-electron chi connectivity index (χ3n) is 1.78. The lowest BCUT2D eigenvalue weighted by atomic mass is 10.1. The summed E-state index contributed by atoms with van der Waals surface area (Å²) in [5.74, 6) is -1.40. The van der Waals surface area contributed by atoms with Crippen LogP contribution in [0.5, 0.6) is 0 Å². The summed E-state index contributed by atoms with van der Waals surface area (Å²) in [6.45, 7) is 1.45. The molecule has 1 aromatic carbocycles. The fraction of sp³-hybridized carbons (Fsp3) is 0.200. The van der Waals surface area contributed by atoms with E-state index in [1.165, 1.54) is 0 Å². The van der Waals surface area contributed by atoms with Gasteiger partial charge in [-0.15, -0.1) is 0 Å². The molecule has 0 bridgehead atoms. The standard InChI is InChI=1S/C10H10BrNO3/c1-6-4-7(11)2-3-8(6)10(14)15-9(13)5-12/h2-4H,5,12H2,1H3. The maximum atomic E-state index is 11.4. The Hall–Kier alpha value is -1.20. The van der Waals surface area contributed by atoms with Gasteiger partial charge in [-0.05, 0) is 30.7 Å². The zero-order valence-electron chi connectivity index (χ0n) is 8.12. The Morgan fingerprint density at radius 1 is 1.47 bits per heavy atom. The summed E-state index contributed by atoms with van der Waals surface area (Å²) in [5.41, 5.74) is 6.12. The van der Waals surface area contributed by atoms with Crippen molar-refractivity contribution >= 4 is 27.9 Å². The van der Waals surface area contributed by atoms with E-state index in [0.29, 0.717) is 5.56 Å². The van der Waals surface area contributed by atoms with Crippen molar-refractivity contribution in [3.8, 4) is 0 Å². The molecule has 1 aromatic rings. The maximum absolute atomic E-state index is 11.4. The Morgan fingerprint density at radius 2 is 2.13 bits per heavy atom. The number of rotatable bonds is 2. The third-order valence-corrected chi connectivity index (χ3v) is 2.27. The molecule has 80 valence electrons. The smallest absolute Gasteiger partial charge is 0.346 e. The highest BCUT2D eigenvalue weighted by Gasteiger charge is 2.13. The van der Waals surface area contributed by atoms with E-state index >= 15 is 0 Å². The van der Waals surface area contributed by atoms with Crippen LogP contribution in [0.2, 0.25) is 0 Å². The number of carbonyl (C=O) groups excluding carboxylic acids is 2. The number of halogens is 1. The topological polar surface area (TPSA) is 69.4 Å². The van der Waals surface area contributed by atoms with Gasteiger partial charge in [0.05, 0.1) is 12.1 Å². The third kappa shape index (κ3) is 3.14. The van der Waals surface area contributed by atoms with Gasteiger partial charge in [-0.1, -0.05) is 15.9 Å². The van der Waals surface area contributed by atoms with Crippen molar-refractivity contribution in [1.82, 2.24) is 0 Å². The summed E-state index contributed by atoms with van der Waals surface area (Å²) in [6, 6.07) is 5.06. The first kappa shape index (κ1) is 11.9. The molecule has 0 amide bonds. The van der Waals surface area contributed by atoms with Crippen LogP contribution in [0.25, 0.3) is 0 Å². The normalized spacial score (nSPS) is 9.80. The van der Waals surface area contributed by atoms with Gasteiger partial charge in [0.15, 0.2) is 0 Å². The molecule has 0 unspecified atom stereocenters. The molecule has 0 atom stereocenters. The lowest BCUT2D eigenvalue weighted by Gasteiger charge is -2.04. The molecule has 0 aliphatic heterocycles. The van der Waals surface area contributed by atoms with Crippen LogP contribution in [-0.4, -0.2) is 18.5 Å². The van der Waals surface area contributed by atoms with Gasteiger partial charge in [0.25, 0.3) is 0 Å². The number of esters is 2. The predicted molar refractivity (Wildman–Crippen MR) is 58.4 cm³/mol. The van der Waals surface area contributed by atoms with E-state index in [0.717, 1.165) is 10.0 Å². The first-order valence-electron chi connectivity index (χ1n) is 4.26. The molecule has 2 N–H and O–H groups in total. The minimum Gasteiger partial charge on any atom is -0.388 e. The molecule has 0 spiro atoms. The second-order valence-electron chi connectivity index (χ2n) is 2.92. The number of aryl methyl sites for hydroxylation is 1. The Balaban J connectivity index is 2.87. The first-order valence-corrected chi connectivity index (χ1v) is 5.05. The number of ether oxygens (including phenoxy) is 1. The van der Waals surface area contributed by atoms with Crippen LogP contribution in [0.4, 0.5) is 0 Å². The van der Waals surface area contributed by atoms with Crippen LogP contribution < -0.4 is 5.73 Å². The van der Waals surface area contributed by atoms with E-state index in [4.69, 9.17) is 5.73 Å². The second kappa shape index (κ2) is 5.04. The van der Waals surface area contributed by atoms with E-state index < -0.39 is 11.9 Å². The van der Waals surface area contributed by atoms with Crippen molar-refractivity contribution in [2.75, 3.05) is 6.54 Å². The molecule has 0 aliphatic rings. The average molecular weight is 272 g/mol. The van der Waals surface area contributed by atoms with E-state index in [1.54, 1.807) is 25.1 Å². The van der Waals surface area contributed by atoms with Gasteiger partial charge in [0.2, 0.25) is 0 Å². The summed E-state index contributed by atoms with van der Waals surface area (Å²) in [6.07, 6.45) is 0. The van der Waals surface area contributed by atoms with E-state index in [-0.39, 0.29) is 6.54 Å². The second-order valence-corrected chi connectivity index (χ2v) is 3.84. The van der Waals surface area contributed by atoms with Crippen LogP contribution >= 0.6 is 15.9 Å². The minimum absolute atomic E-state index is 0.304. The summed E-state index contributed by atoms with van der Waals surface area (Å²) < 4.78 is 5.35. The van der Waals surface area contributed by atoms with Crippen LogP contribution in [-0.2, 0) is 9.53 Å². The Kier molecular flexibility index (Phi) is 3.99. The molecule has 0 aliphatic carbocycles. The molecule has 15 heavy (non-hydrogen) atoms. The van der Waals surface area contributed by atoms with Gasteiger partial charge in [0.1, 0.15) is 0 Å². The maximum Gasteiger partial charge on any atom is 0.346 e. The SMILES string of the molecule is Cc1cc(Br)ccc1C(=O)OC(=O)CN. The van der Waals surface area contributed by atoms with Gasteiger partial charge in [-0.25, -0.2) is 4.79 Å². The molecular formula is C10H10BrNO3. The summed E-state index contributed by atoms with van der Waals surface area (Å²) in [7, 11) is 0. The van der Waals surface area contributed by atoms with Crippen molar-refractivity contribution in [3.63, 3.8) is 0 Å². The van der Waals surface area contributed by atoms with Crippen LogP contribution in [0, 0.1) is 6.92 Å². The van der Waals surface area contributed by atoms with Crippen molar-refractivity contribution in [1.29, 1.82) is 0 Å². The number of benzene rings is 1. The zero-order chi connectivity index (χ0) is 11.4. The molecule has 5 heteroatoms. The summed E-state index contributed by atoms with van der Waals surface area (Å²) in [4.78, 5) is 22.2. The van der Waals surface area contributed by atoms with E-state index in [1.807, 2.05) is 0 Å². The molecule has 4 nitrogen and oxygen atoms in total. The predicted octanol–water partition coefficient (Wildman–Crippen LogP) is 1.40. The van der Waals surface area contributed by atoms with Crippen molar-refractivity contribution in [2.45, 2.75) is 6.92 Å². The Morgan fingerprint density at radius 3 is 2.67 bits per heavy atom. The first-order chi connectivity index (χ1) is 7.04.